The van der Waals surface area contributed by atoms with Gasteiger partial charge < -0.3 is 15.8 Å². The van der Waals surface area contributed by atoms with Crippen molar-refractivity contribution in [2.45, 2.75) is 33.1 Å². The van der Waals surface area contributed by atoms with Gasteiger partial charge in [0.2, 0.25) is 0 Å². The maximum atomic E-state index is 12.3. The van der Waals surface area contributed by atoms with Crippen LogP contribution in [0.1, 0.15) is 43.5 Å². The lowest BCUT2D eigenvalue weighted by Crippen LogP contribution is -2.30. The fourth-order valence-corrected chi connectivity index (χ4v) is 2.26. The molecule has 0 unspecified atom stereocenters. The minimum Gasteiger partial charge on any atom is -0.493 e. The standard InChI is InChI=1S/C15H22N2O2/c1-3-15(8-9-15)10-17-14(18)13-11(16)6-5-7-12(13)19-4-2/h5-7H,3-4,8-10,16H2,1-2H3,(H,17,18). The number of rotatable bonds is 6. The Labute approximate surface area is 114 Å². The first kappa shape index (κ1) is 13.7. The summed E-state index contributed by atoms with van der Waals surface area (Å²) in [6.45, 7) is 5.30. The molecule has 104 valence electrons. The van der Waals surface area contributed by atoms with Crippen molar-refractivity contribution in [3.05, 3.63) is 23.8 Å². The lowest BCUT2D eigenvalue weighted by Gasteiger charge is -2.16. The van der Waals surface area contributed by atoms with E-state index in [4.69, 9.17) is 10.5 Å². The molecule has 4 nitrogen and oxygen atoms in total. The fraction of sp³-hybridized carbons (Fsp3) is 0.533. The molecule has 1 aromatic rings. The van der Waals surface area contributed by atoms with Gasteiger partial charge in [-0.25, -0.2) is 0 Å². The minimum absolute atomic E-state index is 0.138. The molecule has 4 heteroatoms. The monoisotopic (exact) mass is 262 g/mol. The highest BCUT2D eigenvalue weighted by Gasteiger charge is 2.40. The summed E-state index contributed by atoms with van der Waals surface area (Å²) in [4.78, 5) is 12.3. The van der Waals surface area contributed by atoms with Crippen LogP contribution in [-0.2, 0) is 0 Å². The summed E-state index contributed by atoms with van der Waals surface area (Å²) in [6, 6.07) is 5.30. The highest BCUT2D eigenvalue weighted by atomic mass is 16.5. The number of ether oxygens (including phenoxy) is 1. The van der Waals surface area contributed by atoms with Crippen molar-refractivity contribution >= 4 is 11.6 Å². The van der Waals surface area contributed by atoms with Gasteiger partial charge in [-0.2, -0.15) is 0 Å². The van der Waals surface area contributed by atoms with Gasteiger partial charge in [0.15, 0.2) is 0 Å². The van der Waals surface area contributed by atoms with E-state index in [0.717, 1.165) is 13.0 Å². The molecule has 0 bridgehead atoms. The molecule has 19 heavy (non-hydrogen) atoms. The van der Waals surface area contributed by atoms with Crippen LogP contribution in [0.25, 0.3) is 0 Å². The van der Waals surface area contributed by atoms with E-state index in [1.165, 1.54) is 12.8 Å². The number of hydrogen-bond donors (Lipinski definition) is 2. The zero-order chi connectivity index (χ0) is 13.9. The molecule has 1 amide bonds. The number of benzene rings is 1. The largest absolute Gasteiger partial charge is 0.493 e. The minimum atomic E-state index is -0.138. The molecule has 3 N–H and O–H groups in total. The summed E-state index contributed by atoms with van der Waals surface area (Å²) >= 11 is 0. The second kappa shape index (κ2) is 5.51. The fourth-order valence-electron chi connectivity index (χ4n) is 2.26. The molecule has 0 atom stereocenters. The van der Waals surface area contributed by atoms with Crippen molar-refractivity contribution in [1.29, 1.82) is 0 Å². The number of carbonyl (C=O) groups is 1. The molecule has 1 saturated carbocycles. The van der Waals surface area contributed by atoms with E-state index >= 15 is 0 Å². The van der Waals surface area contributed by atoms with Crippen LogP contribution in [0.3, 0.4) is 0 Å². The van der Waals surface area contributed by atoms with Crippen molar-refractivity contribution in [2.24, 2.45) is 5.41 Å². The molecule has 0 aliphatic heterocycles. The molecule has 0 radical (unpaired) electrons. The molecule has 1 aliphatic carbocycles. The molecule has 1 aromatic carbocycles. The molecule has 1 fully saturated rings. The van der Waals surface area contributed by atoms with Crippen LogP contribution < -0.4 is 15.8 Å². The second-order valence-corrected chi connectivity index (χ2v) is 5.19. The SMILES string of the molecule is CCOc1cccc(N)c1C(=O)NCC1(CC)CC1. The van der Waals surface area contributed by atoms with Gasteiger partial charge in [0.25, 0.3) is 5.91 Å². The highest BCUT2D eigenvalue weighted by molar-refractivity contribution is 6.01. The van der Waals surface area contributed by atoms with Crippen molar-refractivity contribution < 1.29 is 9.53 Å². The van der Waals surface area contributed by atoms with Crippen LogP contribution in [-0.4, -0.2) is 19.1 Å². The van der Waals surface area contributed by atoms with E-state index in [0.29, 0.717) is 29.0 Å². The zero-order valence-electron chi connectivity index (χ0n) is 11.7. The number of nitrogen functional groups attached to an aromatic ring is 1. The van der Waals surface area contributed by atoms with Crippen molar-refractivity contribution in [2.75, 3.05) is 18.9 Å². The summed E-state index contributed by atoms with van der Waals surface area (Å²) < 4.78 is 5.47. The summed E-state index contributed by atoms with van der Waals surface area (Å²) in [5.74, 6) is 0.419. The number of nitrogens with two attached hydrogens (primary N) is 1. The van der Waals surface area contributed by atoms with Crippen LogP contribution in [0.2, 0.25) is 0 Å². The Balaban J connectivity index is 2.09. The molecule has 0 heterocycles. The van der Waals surface area contributed by atoms with E-state index in [-0.39, 0.29) is 5.91 Å². The molecular weight excluding hydrogens is 240 g/mol. The van der Waals surface area contributed by atoms with Crippen molar-refractivity contribution in [1.82, 2.24) is 5.32 Å². The Morgan fingerprint density at radius 1 is 1.42 bits per heavy atom. The highest BCUT2D eigenvalue weighted by Crippen LogP contribution is 2.47. The van der Waals surface area contributed by atoms with Crippen molar-refractivity contribution in [3.8, 4) is 5.75 Å². The lowest BCUT2D eigenvalue weighted by atomic mass is 10.0. The molecule has 0 aromatic heterocycles. The second-order valence-electron chi connectivity index (χ2n) is 5.19. The summed E-state index contributed by atoms with van der Waals surface area (Å²) in [5, 5.41) is 2.99. The van der Waals surface area contributed by atoms with E-state index in [9.17, 15) is 4.79 Å². The Hall–Kier alpha value is -1.71. The maximum absolute atomic E-state index is 12.3. The smallest absolute Gasteiger partial charge is 0.257 e. The average molecular weight is 262 g/mol. The molecule has 0 spiro atoms. The molecular formula is C15H22N2O2. The Morgan fingerprint density at radius 2 is 2.16 bits per heavy atom. The molecule has 1 aliphatic rings. The lowest BCUT2D eigenvalue weighted by molar-refractivity contribution is 0.0941. The van der Waals surface area contributed by atoms with E-state index in [2.05, 4.69) is 12.2 Å². The van der Waals surface area contributed by atoms with Gasteiger partial charge in [0, 0.05) is 12.2 Å². The van der Waals surface area contributed by atoms with Gasteiger partial charge in [0.1, 0.15) is 11.3 Å². The van der Waals surface area contributed by atoms with Crippen LogP contribution in [0, 0.1) is 5.41 Å². The van der Waals surface area contributed by atoms with Gasteiger partial charge in [-0.05, 0) is 43.7 Å². The van der Waals surface area contributed by atoms with Crippen molar-refractivity contribution in [3.63, 3.8) is 0 Å². The number of hydrogen-bond acceptors (Lipinski definition) is 3. The van der Waals surface area contributed by atoms with E-state index in [1.807, 2.05) is 6.92 Å². The van der Waals surface area contributed by atoms with Gasteiger partial charge in [-0.15, -0.1) is 0 Å². The first-order chi connectivity index (χ1) is 9.12. The Morgan fingerprint density at radius 3 is 2.74 bits per heavy atom. The van der Waals surface area contributed by atoms with Crippen LogP contribution in [0.4, 0.5) is 5.69 Å². The number of anilines is 1. The first-order valence-electron chi connectivity index (χ1n) is 6.91. The number of amides is 1. The third kappa shape index (κ3) is 3.00. The topological polar surface area (TPSA) is 64.3 Å². The Bertz CT molecular complexity index is 467. The molecule has 2 rings (SSSR count). The van der Waals surface area contributed by atoms with Gasteiger partial charge >= 0.3 is 0 Å². The number of carbonyl (C=O) groups excluding carboxylic acids is 1. The summed E-state index contributed by atoms with van der Waals surface area (Å²) in [7, 11) is 0. The Kier molecular flexibility index (Phi) is 3.98. The van der Waals surface area contributed by atoms with E-state index in [1.54, 1.807) is 18.2 Å². The number of nitrogens with one attached hydrogen (secondary N) is 1. The van der Waals surface area contributed by atoms with Gasteiger partial charge in [0.05, 0.1) is 6.61 Å². The predicted molar refractivity (Wildman–Crippen MR) is 76.3 cm³/mol. The normalized spacial score (nSPS) is 15.9. The van der Waals surface area contributed by atoms with Crippen LogP contribution >= 0.6 is 0 Å². The third-order valence-corrected chi connectivity index (χ3v) is 3.92. The zero-order valence-corrected chi connectivity index (χ0v) is 11.7. The predicted octanol–water partition coefficient (Wildman–Crippen LogP) is 2.59. The average Bonchev–Trinajstić information content (AvgIpc) is 3.17. The van der Waals surface area contributed by atoms with E-state index < -0.39 is 0 Å². The third-order valence-electron chi connectivity index (χ3n) is 3.92. The van der Waals surface area contributed by atoms with Gasteiger partial charge in [-0.3, -0.25) is 4.79 Å². The summed E-state index contributed by atoms with van der Waals surface area (Å²) in [6.07, 6.45) is 3.51. The van der Waals surface area contributed by atoms with Gasteiger partial charge in [-0.1, -0.05) is 13.0 Å². The maximum Gasteiger partial charge on any atom is 0.257 e. The van der Waals surface area contributed by atoms with Crippen LogP contribution in [0.5, 0.6) is 5.75 Å². The first-order valence-corrected chi connectivity index (χ1v) is 6.91. The molecule has 0 saturated heterocycles. The van der Waals surface area contributed by atoms with Crippen LogP contribution in [0.15, 0.2) is 18.2 Å². The summed E-state index contributed by atoms with van der Waals surface area (Å²) in [5.41, 5.74) is 7.14. The quantitative estimate of drug-likeness (QED) is 0.774.